The molecule has 3 rings (SSSR count). The van der Waals surface area contributed by atoms with Crippen LogP contribution < -0.4 is 5.73 Å². The number of hydrogen-bond donors (Lipinski definition) is 1. The Balaban J connectivity index is 1.64. The Bertz CT molecular complexity index is 586. The number of hydrogen-bond acceptors (Lipinski definition) is 1. The second-order valence-electron chi connectivity index (χ2n) is 6.35. The highest BCUT2D eigenvalue weighted by molar-refractivity contribution is 6.30. The molecule has 0 bridgehead atoms. The molecular weight excluding hydrogens is 278 g/mol. The predicted molar refractivity (Wildman–Crippen MR) is 89.7 cm³/mol. The molecule has 1 aliphatic rings. The van der Waals surface area contributed by atoms with Crippen LogP contribution in [-0.2, 0) is 6.42 Å². The lowest BCUT2D eigenvalue weighted by Crippen LogP contribution is -2.45. The molecule has 2 N–H and O–H groups in total. The van der Waals surface area contributed by atoms with Crippen LogP contribution in [0.3, 0.4) is 0 Å². The van der Waals surface area contributed by atoms with E-state index in [1.165, 1.54) is 24.0 Å². The van der Waals surface area contributed by atoms with Crippen molar-refractivity contribution >= 4 is 11.6 Å². The van der Waals surface area contributed by atoms with Gasteiger partial charge in [-0.1, -0.05) is 54.1 Å². The van der Waals surface area contributed by atoms with E-state index in [0.717, 1.165) is 24.3 Å². The first-order valence-electron chi connectivity index (χ1n) is 7.73. The van der Waals surface area contributed by atoms with Crippen molar-refractivity contribution in [1.82, 2.24) is 0 Å². The summed E-state index contributed by atoms with van der Waals surface area (Å²) in [5.41, 5.74) is 9.28. The van der Waals surface area contributed by atoms with Gasteiger partial charge in [0.25, 0.3) is 0 Å². The van der Waals surface area contributed by atoms with Gasteiger partial charge in [0.05, 0.1) is 0 Å². The van der Waals surface area contributed by atoms with Gasteiger partial charge in [-0.2, -0.15) is 0 Å². The van der Waals surface area contributed by atoms with E-state index in [0.29, 0.717) is 5.92 Å². The van der Waals surface area contributed by atoms with Gasteiger partial charge in [-0.25, -0.2) is 0 Å². The van der Waals surface area contributed by atoms with E-state index >= 15 is 0 Å². The van der Waals surface area contributed by atoms with Crippen molar-refractivity contribution in [3.63, 3.8) is 0 Å². The summed E-state index contributed by atoms with van der Waals surface area (Å²) >= 11 is 6.07. The minimum atomic E-state index is -0.0734. The first kappa shape index (κ1) is 14.6. The van der Waals surface area contributed by atoms with Gasteiger partial charge in [-0.3, -0.25) is 0 Å². The molecule has 110 valence electrons. The zero-order valence-corrected chi connectivity index (χ0v) is 13.0. The maximum atomic E-state index is 6.64. The molecule has 1 aliphatic carbocycles. The van der Waals surface area contributed by atoms with E-state index in [2.05, 4.69) is 36.4 Å². The zero-order chi connectivity index (χ0) is 14.7. The molecule has 0 aromatic heterocycles. The second kappa shape index (κ2) is 6.21. The summed E-state index contributed by atoms with van der Waals surface area (Å²) in [6.45, 7) is 0. The van der Waals surface area contributed by atoms with Crippen LogP contribution in [0.1, 0.15) is 42.7 Å². The molecule has 0 spiro atoms. The fourth-order valence-corrected chi connectivity index (χ4v) is 3.69. The standard InChI is InChI=1S/C19H22ClN/c20-18-8-4-5-15(13-18)14-19(21)11-9-17(10-12-19)16-6-2-1-3-7-16/h1-8,13,17H,9-12,14,21H2. The molecule has 0 atom stereocenters. The van der Waals surface area contributed by atoms with E-state index in [1.807, 2.05) is 18.2 Å². The van der Waals surface area contributed by atoms with Crippen molar-refractivity contribution in [1.29, 1.82) is 0 Å². The molecule has 0 unspecified atom stereocenters. The lowest BCUT2D eigenvalue weighted by molar-refractivity contribution is 0.271. The molecule has 2 heteroatoms. The van der Waals surface area contributed by atoms with E-state index in [9.17, 15) is 0 Å². The van der Waals surface area contributed by atoms with Crippen LogP contribution in [0.2, 0.25) is 5.02 Å². The predicted octanol–water partition coefficient (Wildman–Crippen LogP) is 4.94. The van der Waals surface area contributed by atoms with Crippen molar-refractivity contribution in [2.45, 2.75) is 43.6 Å². The van der Waals surface area contributed by atoms with E-state index < -0.39 is 0 Å². The monoisotopic (exact) mass is 299 g/mol. The summed E-state index contributed by atoms with van der Waals surface area (Å²) in [7, 11) is 0. The third-order valence-corrected chi connectivity index (χ3v) is 4.93. The average molecular weight is 300 g/mol. The molecule has 1 nitrogen and oxygen atoms in total. The summed E-state index contributed by atoms with van der Waals surface area (Å²) in [5.74, 6) is 0.669. The Kier molecular flexibility index (Phi) is 4.32. The van der Waals surface area contributed by atoms with Gasteiger partial charge >= 0.3 is 0 Å². The van der Waals surface area contributed by atoms with Gasteiger partial charge in [0.2, 0.25) is 0 Å². The molecule has 1 fully saturated rings. The highest BCUT2D eigenvalue weighted by Gasteiger charge is 2.32. The maximum absolute atomic E-state index is 6.64. The summed E-state index contributed by atoms with van der Waals surface area (Å²) < 4.78 is 0. The van der Waals surface area contributed by atoms with Crippen LogP contribution in [0, 0.1) is 0 Å². The normalized spacial score (nSPS) is 25.7. The highest BCUT2D eigenvalue weighted by Crippen LogP contribution is 2.38. The Labute approximate surface area is 132 Å². The summed E-state index contributed by atoms with van der Waals surface area (Å²) in [5, 5.41) is 0.800. The van der Waals surface area contributed by atoms with Crippen LogP contribution in [0.25, 0.3) is 0 Å². The Morgan fingerprint density at radius 1 is 1.00 bits per heavy atom. The average Bonchev–Trinajstić information content (AvgIpc) is 2.48. The summed E-state index contributed by atoms with van der Waals surface area (Å²) in [4.78, 5) is 0. The number of halogens is 1. The van der Waals surface area contributed by atoms with E-state index in [1.54, 1.807) is 0 Å². The molecule has 1 saturated carbocycles. The largest absolute Gasteiger partial charge is 0.325 e. The minimum absolute atomic E-state index is 0.0734. The number of benzene rings is 2. The Hall–Kier alpha value is -1.31. The molecule has 0 heterocycles. The van der Waals surface area contributed by atoms with Crippen molar-refractivity contribution in [2.75, 3.05) is 0 Å². The lowest BCUT2D eigenvalue weighted by Gasteiger charge is -2.37. The van der Waals surface area contributed by atoms with Crippen molar-refractivity contribution in [3.05, 3.63) is 70.7 Å². The third-order valence-electron chi connectivity index (χ3n) is 4.70. The molecule has 21 heavy (non-hydrogen) atoms. The van der Waals surface area contributed by atoms with Gasteiger partial charge in [-0.05, 0) is 61.3 Å². The smallest absolute Gasteiger partial charge is 0.0408 e. The van der Waals surface area contributed by atoms with Gasteiger partial charge in [0.15, 0.2) is 0 Å². The fourth-order valence-electron chi connectivity index (χ4n) is 3.48. The van der Waals surface area contributed by atoms with Crippen LogP contribution in [-0.4, -0.2) is 5.54 Å². The Morgan fingerprint density at radius 2 is 1.71 bits per heavy atom. The summed E-state index contributed by atoms with van der Waals surface area (Å²) in [6, 6.07) is 18.9. The van der Waals surface area contributed by atoms with Gasteiger partial charge < -0.3 is 5.73 Å². The topological polar surface area (TPSA) is 26.0 Å². The first-order valence-corrected chi connectivity index (χ1v) is 8.11. The Morgan fingerprint density at radius 3 is 2.38 bits per heavy atom. The first-order chi connectivity index (χ1) is 10.1. The number of rotatable bonds is 3. The van der Waals surface area contributed by atoms with E-state index in [4.69, 9.17) is 17.3 Å². The maximum Gasteiger partial charge on any atom is 0.0408 e. The molecule has 0 amide bonds. The van der Waals surface area contributed by atoms with Gasteiger partial charge in [0, 0.05) is 10.6 Å². The van der Waals surface area contributed by atoms with E-state index in [-0.39, 0.29) is 5.54 Å². The zero-order valence-electron chi connectivity index (χ0n) is 12.3. The number of nitrogens with two attached hydrogens (primary N) is 1. The van der Waals surface area contributed by atoms with Crippen LogP contribution in [0.5, 0.6) is 0 Å². The lowest BCUT2D eigenvalue weighted by atomic mass is 9.72. The van der Waals surface area contributed by atoms with Crippen LogP contribution in [0.4, 0.5) is 0 Å². The molecule has 2 aromatic rings. The fraction of sp³-hybridized carbons (Fsp3) is 0.368. The van der Waals surface area contributed by atoms with Crippen molar-refractivity contribution < 1.29 is 0 Å². The molecule has 0 saturated heterocycles. The summed E-state index contributed by atoms with van der Waals surface area (Å²) in [6.07, 6.45) is 5.45. The molecule has 0 radical (unpaired) electrons. The molecular formula is C19H22ClN. The van der Waals surface area contributed by atoms with Crippen LogP contribution in [0.15, 0.2) is 54.6 Å². The molecule has 0 aliphatic heterocycles. The third kappa shape index (κ3) is 3.66. The minimum Gasteiger partial charge on any atom is -0.325 e. The quantitative estimate of drug-likeness (QED) is 0.853. The van der Waals surface area contributed by atoms with Gasteiger partial charge in [0.1, 0.15) is 0 Å². The van der Waals surface area contributed by atoms with Crippen molar-refractivity contribution in [2.24, 2.45) is 5.73 Å². The van der Waals surface area contributed by atoms with Gasteiger partial charge in [-0.15, -0.1) is 0 Å². The van der Waals surface area contributed by atoms with Crippen LogP contribution >= 0.6 is 11.6 Å². The SMILES string of the molecule is NC1(Cc2cccc(Cl)c2)CCC(c2ccccc2)CC1. The molecule has 2 aromatic carbocycles. The highest BCUT2D eigenvalue weighted by atomic mass is 35.5. The van der Waals surface area contributed by atoms with Crippen molar-refractivity contribution in [3.8, 4) is 0 Å². The second-order valence-corrected chi connectivity index (χ2v) is 6.79.